The van der Waals surface area contributed by atoms with Crippen LogP contribution in [-0.2, 0) is 16.8 Å². The van der Waals surface area contributed by atoms with Crippen molar-refractivity contribution >= 4 is 46.9 Å². The quantitative estimate of drug-likeness (QED) is 0.274. The second kappa shape index (κ2) is 7.64. The molecule has 0 amide bonds. The Hall–Kier alpha value is -3.73. The van der Waals surface area contributed by atoms with Crippen LogP contribution in [0.5, 0.6) is 11.5 Å². The molecule has 4 aliphatic heterocycles. The number of hydrogen-bond donors (Lipinski definition) is 1. The minimum absolute atomic E-state index is 0.121. The molecule has 0 saturated heterocycles. The monoisotopic (exact) mass is 552 g/mol. The van der Waals surface area contributed by atoms with E-state index in [1.807, 2.05) is 24.3 Å². The molecule has 0 bridgehead atoms. The van der Waals surface area contributed by atoms with Crippen molar-refractivity contribution in [3.8, 4) is 11.5 Å². The first-order valence-corrected chi connectivity index (χ1v) is 14.5. The van der Waals surface area contributed by atoms with Gasteiger partial charge >= 0.3 is 222 Å². The number of carbonyl (C=O) groups excluding carboxylic acids is 1. The summed E-state index contributed by atoms with van der Waals surface area (Å²) < 4.78 is 15.8. The molecule has 4 aliphatic rings. The zero-order chi connectivity index (χ0) is 24.7. The molecule has 182 valence electrons. The van der Waals surface area contributed by atoms with Crippen molar-refractivity contribution in [2.24, 2.45) is 0 Å². The number of para-hydroxylation sites is 1. The van der Waals surface area contributed by atoms with Crippen LogP contribution in [0, 0.1) is 0 Å². The maximum atomic E-state index is 13.3. The number of ether oxygens (including phenoxy) is 2. The Kier molecular flexibility index (Phi) is 4.41. The zero-order valence-electron chi connectivity index (χ0n) is 20.3. The van der Waals surface area contributed by atoms with E-state index in [1.165, 1.54) is 25.9 Å². The number of hydrogen-bond acceptors (Lipinski definition) is 5. The summed E-state index contributed by atoms with van der Waals surface area (Å²) in [5, 5.41) is 3.53. The average molecular weight is 552 g/mol. The predicted octanol–water partition coefficient (Wildman–Crippen LogP) is 4.74. The molecule has 8 rings (SSSR count). The van der Waals surface area contributed by atoms with Crippen LogP contribution in [0.2, 0.25) is 0 Å². The van der Waals surface area contributed by atoms with Crippen molar-refractivity contribution in [1.82, 2.24) is 0 Å². The Morgan fingerprint density at radius 2 is 1.73 bits per heavy atom. The summed E-state index contributed by atoms with van der Waals surface area (Å²) in [4.78, 5) is 15.7. The molecule has 1 atom stereocenters. The van der Waals surface area contributed by atoms with E-state index in [4.69, 9.17) is 9.47 Å². The SMILES string of the molecule is CCN1c2ccccc2[Se]c2cc3c(cc21)Oc1cc2c(cc1C31OC(=O)c3ccccc31)CCCN2. The van der Waals surface area contributed by atoms with Gasteiger partial charge in [-0.3, -0.25) is 0 Å². The van der Waals surface area contributed by atoms with Crippen LogP contribution in [0.1, 0.15) is 46.0 Å². The molecule has 0 radical (unpaired) electrons. The molecule has 0 fully saturated rings. The number of esters is 1. The van der Waals surface area contributed by atoms with Gasteiger partial charge in [0.05, 0.1) is 0 Å². The number of anilines is 3. The molecule has 4 aromatic carbocycles. The van der Waals surface area contributed by atoms with Gasteiger partial charge < -0.3 is 0 Å². The van der Waals surface area contributed by atoms with Gasteiger partial charge in [-0.1, -0.05) is 0 Å². The summed E-state index contributed by atoms with van der Waals surface area (Å²) in [6.45, 7) is 3.99. The molecular formula is C31H24N2O3Se. The number of rotatable bonds is 1. The van der Waals surface area contributed by atoms with E-state index < -0.39 is 5.60 Å². The van der Waals surface area contributed by atoms with Crippen molar-refractivity contribution in [3.63, 3.8) is 0 Å². The number of aryl methyl sites for hydroxylation is 1. The van der Waals surface area contributed by atoms with Gasteiger partial charge in [0.15, 0.2) is 0 Å². The normalized spacial score (nSPS) is 19.9. The molecule has 37 heavy (non-hydrogen) atoms. The zero-order valence-corrected chi connectivity index (χ0v) is 22.0. The Labute approximate surface area is 221 Å². The van der Waals surface area contributed by atoms with Gasteiger partial charge in [0.2, 0.25) is 0 Å². The number of nitrogens with zero attached hydrogens (tertiary/aromatic N) is 1. The Balaban J connectivity index is 1.42. The second-order valence-electron chi connectivity index (χ2n) is 9.88. The van der Waals surface area contributed by atoms with E-state index >= 15 is 0 Å². The van der Waals surface area contributed by atoms with Crippen LogP contribution in [-0.4, -0.2) is 34.0 Å². The van der Waals surface area contributed by atoms with Crippen molar-refractivity contribution in [2.75, 3.05) is 23.3 Å². The molecule has 0 aromatic heterocycles. The molecule has 1 N–H and O–H groups in total. The van der Waals surface area contributed by atoms with Crippen LogP contribution >= 0.6 is 0 Å². The third-order valence-electron chi connectivity index (χ3n) is 7.94. The summed E-state index contributed by atoms with van der Waals surface area (Å²) in [5.41, 5.74) is 7.10. The first kappa shape index (κ1) is 21.4. The first-order valence-electron chi connectivity index (χ1n) is 12.8. The van der Waals surface area contributed by atoms with Crippen LogP contribution < -0.4 is 23.9 Å². The van der Waals surface area contributed by atoms with Gasteiger partial charge in [-0.15, -0.1) is 0 Å². The summed E-state index contributed by atoms with van der Waals surface area (Å²) in [6, 6.07) is 25.2. The minimum atomic E-state index is -1.03. The fourth-order valence-corrected chi connectivity index (χ4v) is 8.64. The predicted molar refractivity (Wildman–Crippen MR) is 146 cm³/mol. The van der Waals surface area contributed by atoms with Crippen LogP contribution in [0.3, 0.4) is 0 Å². The van der Waals surface area contributed by atoms with Gasteiger partial charge in [-0.2, -0.15) is 0 Å². The third-order valence-corrected chi connectivity index (χ3v) is 10.3. The van der Waals surface area contributed by atoms with Crippen molar-refractivity contribution in [3.05, 3.63) is 101 Å². The van der Waals surface area contributed by atoms with Gasteiger partial charge in [0.25, 0.3) is 0 Å². The molecule has 0 aliphatic carbocycles. The molecule has 1 spiro atoms. The van der Waals surface area contributed by atoms with E-state index in [0.717, 1.165) is 59.8 Å². The first-order chi connectivity index (χ1) is 18.2. The number of nitrogens with one attached hydrogen (secondary N) is 1. The maximum absolute atomic E-state index is 13.3. The van der Waals surface area contributed by atoms with Gasteiger partial charge in [0.1, 0.15) is 0 Å². The van der Waals surface area contributed by atoms with Crippen molar-refractivity contribution < 1.29 is 14.3 Å². The molecule has 0 saturated carbocycles. The van der Waals surface area contributed by atoms with Gasteiger partial charge in [-0.25, -0.2) is 0 Å². The van der Waals surface area contributed by atoms with Crippen LogP contribution in [0.4, 0.5) is 17.1 Å². The fraction of sp³-hybridized carbons (Fsp3) is 0.194. The van der Waals surface area contributed by atoms with Gasteiger partial charge in [0, 0.05) is 0 Å². The Bertz CT molecular complexity index is 1650. The topological polar surface area (TPSA) is 50.8 Å². The van der Waals surface area contributed by atoms with E-state index in [1.54, 1.807) is 0 Å². The number of fused-ring (bicyclic) bond motifs is 9. The summed E-state index contributed by atoms with van der Waals surface area (Å²) in [7, 11) is 0. The van der Waals surface area contributed by atoms with Gasteiger partial charge in [-0.05, 0) is 0 Å². The summed E-state index contributed by atoms with van der Waals surface area (Å²) >= 11 is 0.121. The fourth-order valence-electron chi connectivity index (χ4n) is 6.30. The third kappa shape index (κ3) is 2.83. The van der Waals surface area contributed by atoms with E-state index in [-0.39, 0.29) is 20.9 Å². The average Bonchev–Trinajstić information content (AvgIpc) is 3.23. The molecule has 4 aromatic rings. The Morgan fingerprint density at radius 3 is 2.65 bits per heavy atom. The van der Waals surface area contributed by atoms with Crippen LogP contribution in [0.15, 0.2) is 72.8 Å². The van der Waals surface area contributed by atoms with Crippen LogP contribution in [0.25, 0.3) is 0 Å². The summed E-state index contributed by atoms with van der Waals surface area (Å²) in [5.74, 6) is 1.21. The van der Waals surface area contributed by atoms with E-state index in [9.17, 15) is 4.79 Å². The summed E-state index contributed by atoms with van der Waals surface area (Å²) in [6.07, 6.45) is 2.07. The van der Waals surface area contributed by atoms with E-state index in [0.29, 0.717) is 5.56 Å². The van der Waals surface area contributed by atoms with Crippen molar-refractivity contribution in [2.45, 2.75) is 25.4 Å². The number of carbonyl (C=O) groups is 1. The van der Waals surface area contributed by atoms with Crippen molar-refractivity contribution in [1.29, 1.82) is 0 Å². The molecule has 1 unspecified atom stereocenters. The Morgan fingerprint density at radius 1 is 0.919 bits per heavy atom. The molecule has 6 heteroatoms. The second-order valence-corrected chi connectivity index (χ2v) is 12.2. The molecular weight excluding hydrogens is 527 g/mol. The molecule has 4 heterocycles. The number of benzene rings is 4. The molecule has 5 nitrogen and oxygen atoms in total. The van der Waals surface area contributed by atoms with E-state index in [2.05, 4.69) is 65.7 Å². The standard InChI is InChI=1S/C31H24N2O3Se/c1-2-33-24-11-5-6-12-28(24)37-29-15-22-27(17-25(29)33)35-26-16-23-18(8-7-13-32-23)14-21(26)31(22)20-10-4-3-9-19(20)30(34)36-31/h3-6,9-12,14-17,32H,2,7-8,13H2,1H3.